The van der Waals surface area contributed by atoms with Crippen LogP contribution in [0.25, 0.3) is 0 Å². The molecular weight excluding hydrogens is 390 g/mol. The smallest absolute Gasteiger partial charge is 0.266 e. The number of nitriles is 1. The maximum Gasteiger partial charge on any atom is 0.266 e. The number of hydrogen-bond donors (Lipinski definition) is 2. The first-order chi connectivity index (χ1) is 13.4. The molecule has 1 aromatic carbocycles. The normalized spacial score (nSPS) is 10.4. The Morgan fingerprint density at radius 2 is 1.86 bits per heavy atom. The molecule has 2 aromatic heterocycles. The molecule has 0 saturated heterocycles. The van der Waals surface area contributed by atoms with Crippen LogP contribution in [0.3, 0.4) is 0 Å². The fourth-order valence-electron chi connectivity index (χ4n) is 2.76. The number of nitrogens with zero attached hydrogens (tertiary/aromatic N) is 1. The van der Waals surface area contributed by atoms with E-state index in [9.17, 15) is 14.9 Å². The Hall–Kier alpha value is -2.95. The van der Waals surface area contributed by atoms with Crippen LogP contribution in [0.15, 0.2) is 35.7 Å². The van der Waals surface area contributed by atoms with E-state index < -0.39 is 0 Å². The third kappa shape index (κ3) is 4.14. The van der Waals surface area contributed by atoms with E-state index in [4.69, 9.17) is 0 Å². The Labute approximate surface area is 171 Å². The largest absolute Gasteiger partial charge is 0.321 e. The Kier molecular flexibility index (Phi) is 5.93. The fraction of sp³-hybridized carbons (Fsp3) is 0.190. The average Bonchev–Trinajstić information content (AvgIpc) is 3.26. The molecule has 0 saturated carbocycles. The summed E-state index contributed by atoms with van der Waals surface area (Å²) >= 11 is 2.63. The van der Waals surface area contributed by atoms with Gasteiger partial charge in [0.25, 0.3) is 5.91 Å². The van der Waals surface area contributed by atoms with Gasteiger partial charge in [0, 0.05) is 10.6 Å². The second-order valence-electron chi connectivity index (χ2n) is 6.38. The van der Waals surface area contributed by atoms with Gasteiger partial charge in [0.15, 0.2) is 0 Å². The predicted octanol–water partition coefficient (Wildman–Crippen LogP) is 5.04. The lowest BCUT2D eigenvalue weighted by Gasteiger charge is -2.09. The lowest BCUT2D eigenvalue weighted by atomic mass is 10.1. The van der Waals surface area contributed by atoms with Gasteiger partial charge < -0.3 is 10.6 Å². The molecule has 2 heterocycles. The molecule has 142 valence electrons. The molecular formula is C21H19N3O2S2. The lowest BCUT2D eigenvalue weighted by molar-refractivity contribution is -0.115. The van der Waals surface area contributed by atoms with Crippen molar-refractivity contribution in [2.45, 2.75) is 27.2 Å². The van der Waals surface area contributed by atoms with E-state index in [1.54, 1.807) is 6.92 Å². The van der Waals surface area contributed by atoms with Crippen molar-refractivity contribution in [3.8, 4) is 6.07 Å². The van der Waals surface area contributed by atoms with Crippen LogP contribution in [0.2, 0.25) is 0 Å². The third-order valence-corrected chi connectivity index (χ3v) is 6.57. The van der Waals surface area contributed by atoms with Crippen LogP contribution in [-0.2, 0) is 11.2 Å². The number of thiophene rings is 2. The highest BCUT2D eigenvalue weighted by Crippen LogP contribution is 2.33. The standard InChI is InChI=1S/C21H19N3O2S2/c1-12-6-4-8-17(13(12)2)23-20(26)19-14(3)16(11-22)21(28-19)24-18(25)10-15-7-5-9-27-15/h4-9H,10H2,1-3H3,(H,23,26)(H,24,25). The van der Waals surface area contributed by atoms with E-state index in [2.05, 4.69) is 16.7 Å². The van der Waals surface area contributed by atoms with E-state index in [0.717, 1.165) is 33.0 Å². The van der Waals surface area contributed by atoms with Crippen LogP contribution in [0.4, 0.5) is 10.7 Å². The van der Waals surface area contributed by atoms with Gasteiger partial charge in [-0.15, -0.1) is 22.7 Å². The molecule has 2 N–H and O–H groups in total. The summed E-state index contributed by atoms with van der Waals surface area (Å²) in [6.07, 6.45) is 0.240. The molecule has 0 aliphatic carbocycles. The summed E-state index contributed by atoms with van der Waals surface area (Å²) in [5, 5.41) is 17.5. The Balaban J connectivity index is 1.82. The molecule has 0 bridgehead atoms. The highest BCUT2D eigenvalue weighted by atomic mass is 32.1. The number of nitrogens with one attached hydrogen (secondary N) is 2. The van der Waals surface area contributed by atoms with Crippen LogP contribution < -0.4 is 10.6 Å². The van der Waals surface area contributed by atoms with Crippen molar-refractivity contribution in [3.05, 3.63) is 67.7 Å². The second kappa shape index (κ2) is 8.38. The maximum atomic E-state index is 12.8. The first-order valence-corrected chi connectivity index (χ1v) is 10.3. The van der Waals surface area contributed by atoms with Crippen molar-refractivity contribution in [1.82, 2.24) is 0 Å². The van der Waals surface area contributed by atoms with E-state index >= 15 is 0 Å². The highest BCUT2D eigenvalue weighted by molar-refractivity contribution is 7.18. The summed E-state index contributed by atoms with van der Waals surface area (Å²) in [6, 6.07) is 11.6. The molecule has 28 heavy (non-hydrogen) atoms. The minimum absolute atomic E-state index is 0.207. The zero-order valence-electron chi connectivity index (χ0n) is 15.8. The van der Waals surface area contributed by atoms with Gasteiger partial charge in [-0.2, -0.15) is 5.26 Å². The minimum Gasteiger partial charge on any atom is -0.321 e. The first-order valence-electron chi connectivity index (χ1n) is 8.64. The zero-order valence-corrected chi connectivity index (χ0v) is 17.4. The van der Waals surface area contributed by atoms with Crippen molar-refractivity contribution < 1.29 is 9.59 Å². The van der Waals surface area contributed by atoms with Crippen molar-refractivity contribution in [3.63, 3.8) is 0 Å². The van der Waals surface area contributed by atoms with Crippen molar-refractivity contribution in [1.29, 1.82) is 5.26 Å². The monoisotopic (exact) mass is 409 g/mol. The number of amides is 2. The number of carbonyl (C=O) groups excluding carboxylic acids is 2. The lowest BCUT2D eigenvalue weighted by Crippen LogP contribution is -2.13. The highest BCUT2D eigenvalue weighted by Gasteiger charge is 2.22. The molecule has 0 aliphatic rings. The first kappa shape index (κ1) is 19.8. The van der Waals surface area contributed by atoms with E-state index in [1.807, 2.05) is 49.6 Å². The summed E-state index contributed by atoms with van der Waals surface area (Å²) in [5.41, 5.74) is 3.71. The summed E-state index contributed by atoms with van der Waals surface area (Å²) < 4.78 is 0. The van der Waals surface area contributed by atoms with Gasteiger partial charge in [0.2, 0.25) is 5.91 Å². The van der Waals surface area contributed by atoms with Crippen molar-refractivity contribution in [2.24, 2.45) is 0 Å². The molecule has 0 aliphatic heterocycles. The summed E-state index contributed by atoms with van der Waals surface area (Å²) in [5.74, 6) is -0.492. The number of rotatable bonds is 5. The van der Waals surface area contributed by atoms with E-state index in [1.165, 1.54) is 11.3 Å². The van der Waals surface area contributed by atoms with E-state index in [-0.39, 0.29) is 18.2 Å². The van der Waals surface area contributed by atoms with Crippen LogP contribution in [-0.4, -0.2) is 11.8 Å². The minimum atomic E-state index is -0.286. The zero-order chi connectivity index (χ0) is 20.3. The van der Waals surface area contributed by atoms with Crippen LogP contribution >= 0.6 is 22.7 Å². The summed E-state index contributed by atoms with van der Waals surface area (Å²) in [7, 11) is 0. The Morgan fingerprint density at radius 1 is 1.07 bits per heavy atom. The van der Waals surface area contributed by atoms with Gasteiger partial charge in [-0.05, 0) is 55.0 Å². The fourth-order valence-corrected chi connectivity index (χ4v) is 4.53. The van der Waals surface area contributed by atoms with Gasteiger partial charge in [0.05, 0.1) is 16.9 Å². The average molecular weight is 410 g/mol. The van der Waals surface area contributed by atoms with Gasteiger partial charge in [-0.25, -0.2) is 0 Å². The molecule has 0 unspecified atom stereocenters. The molecule has 0 spiro atoms. The molecule has 2 amide bonds. The van der Waals surface area contributed by atoms with Gasteiger partial charge >= 0.3 is 0 Å². The summed E-state index contributed by atoms with van der Waals surface area (Å²) in [4.78, 5) is 26.5. The molecule has 7 heteroatoms. The van der Waals surface area contributed by atoms with Gasteiger partial charge in [-0.3, -0.25) is 9.59 Å². The maximum absolute atomic E-state index is 12.8. The Morgan fingerprint density at radius 3 is 2.54 bits per heavy atom. The number of aryl methyl sites for hydroxylation is 1. The number of benzene rings is 1. The third-order valence-electron chi connectivity index (χ3n) is 4.49. The molecule has 3 rings (SSSR count). The number of hydrogen-bond acceptors (Lipinski definition) is 5. The van der Waals surface area contributed by atoms with Crippen molar-refractivity contribution >= 4 is 45.2 Å². The van der Waals surface area contributed by atoms with Crippen LogP contribution in [0, 0.1) is 32.1 Å². The topological polar surface area (TPSA) is 82.0 Å². The van der Waals surface area contributed by atoms with E-state index in [0.29, 0.717) is 21.0 Å². The van der Waals surface area contributed by atoms with Gasteiger partial charge in [-0.1, -0.05) is 18.2 Å². The molecule has 3 aromatic rings. The summed E-state index contributed by atoms with van der Waals surface area (Å²) in [6.45, 7) is 5.65. The predicted molar refractivity (Wildman–Crippen MR) is 114 cm³/mol. The number of carbonyl (C=O) groups is 2. The van der Waals surface area contributed by atoms with Crippen molar-refractivity contribution in [2.75, 3.05) is 10.6 Å². The Bertz CT molecular complexity index is 1080. The molecule has 0 atom stereocenters. The molecule has 0 radical (unpaired) electrons. The second-order valence-corrected chi connectivity index (χ2v) is 8.43. The van der Waals surface area contributed by atoms with Crippen LogP contribution in [0.5, 0.6) is 0 Å². The number of anilines is 2. The van der Waals surface area contributed by atoms with Crippen LogP contribution in [0.1, 0.15) is 36.8 Å². The molecule has 0 fully saturated rings. The SMILES string of the molecule is Cc1cccc(NC(=O)c2sc(NC(=O)Cc3cccs3)c(C#N)c2C)c1C. The molecule has 5 nitrogen and oxygen atoms in total. The quantitative estimate of drug-likeness (QED) is 0.619. The van der Waals surface area contributed by atoms with Gasteiger partial charge in [0.1, 0.15) is 11.1 Å².